The lowest BCUT2D eigenvalue weighted by molar-refractivity contribution is -0.134. The summed E-state index contributed by atoms with van der Waals surface area (Å²) in [7, 11) is 0. The zero-order valence-electron chi connectivity index (χ0n) is 21.2. The van der Waals surface area contributed by atoms with E-state index in [0.29, 0.717) is 19.1 Å². The van der Waals surface area contributed by atoms with Gasteiger partial charge >= 0.3 is 0 Å². The lowest BCUT2D eigenvalue weighted by atomic mass is 9.99. The van der Waals surface area contributed by atoms with Crippen LogP contribution in [0.15, 0.2) is 66.2 Å². The number of hydrogen-bond donors (Lipinski definition) is 1. The Morgan fingerprint density at radius 2 is 1.85 bits per heavy atom. The third-order valence-electron chi connectivity index (χ3n) is 6.30. The molecule has 1 fully saturated rings. The molecule has 1 aliphatic rings. The number of rotatable bonds is 10. The van der Waals surface area contributed by atoms with E-state index in [-0.39, 0.29) is 11.9 Å². The van der Waals surface area contributed by atoms with E-state index < -0.39 is 6.04 Å². The van der Waals surface area contributed by atoms with Crippen LogP contribution in [-0.2, 0) is 11.4 Å². The smallest absolute Gasteiger partial charge is 0.239 e. The van der Waals surface area contributed by atoms with Crippen molar-refractivity contribution in [3.63, 3.8) is 0 Å². The first-order valence-corrected chi connectivity index (χ1v) is 12.5. The molecule has 2 aromatic carbocycles. The molecule has 0 aromatic heterocycles. The molecule has 0 saturated carbocycles. The van der Waals surface area contributed by atoms with E-state index in [1.54, 1.807) is 0 Å². The number of anilines is 1. The number of nitrogens with zero attached hydrogens (tertiary/aromatic N) is 2. The highest BCUT2D eigenvalue weighted by Gasteiger charge is 2.30. The number of ether oxygens (including phenoxy) is 1. The van der Waals surface area contributed by atoms with Crippen LogP contribution in [0.25, 0.3) is 0 Å². The van der Waals surface area contributed by atoms with E-state index in [9.17, 15) is 4.79 Å². The van der Waals surface area contributed by atoms with Crippen LogP contribution < -0.4 is 15.4 Å². The molecular formula is C29H41N3O2. The summed E-state index contributed by atoms with van der Waals surface area (Å²) in [4.78, 5) is 17.4. The van der Waals surface area contributed by atoms with Gasteiger partial charge in [-0.25, -0.2) is 0 Å². The minimum atomic E-state index is -0.411. The average molecular weight is 464 g/mol. The average Bonchev–Trinajstić information content (AvgIpc) is 2.83. The van der Waals surface area contributed by atoms with Gasteiger partial charge in [-0.2, -0.15) is 0 Å². The lowest BCUT2D eigenvalue weighted by Crippen LogP contribution is -2.54. The summed E-state index contributed by atoms with van der Waals surface area (Å²) in [5, 5.41) is 0. The second-order valence-electron chi connectivity index (χ2n) is 10.0. The molecule has 2 atom stereocenters. The second kappa shape index (κ2) is 12.6. The van der Waals surface area contributed by atoms with Crippen LogP contribution >= 0.6 is 0 Å². The van der Waals surface area contributed by atoms with Crippen molar-refractivity contribution < 1.29 is 9.53 Å². The van der Waals surface area contributed by atoms with E-state index >= 15 is 0 Å². The third kappa shape index (κ3) is 7.63. The van der Waals surface area contributed by atoms with Crippen LogP contribution in [0.4, 0.5) is 5.69 Å². The van der Waals surface area contributed by atoms with Crippen molar-refractivity contribution in [3.05, 3.63) is 71.8 Å². The SMILES string of the molecule is CC(C)=CCN(c1ccc(OCc2ccccc2)cc1)C1CCCN(C(=O)[C@@H](N)CC(C)C)C1. The summed E-state index contributed by atoms with van der Waals surface area (Å²) < 4.78 is 5.98. The zero-order valence-corrected chi connectivity index (χ0v) is 21.2. The van der Waals surface area contributed by atoms with Gasteiger partial charge in [-0.3, -0.25) is 4.79 Å². The monoisotopic (exact) mass is 463 g/mol. The topological polar surface area (TPSA) is 58.8 Å². The summed E-state index contributed by atoms with van der Waals surface area (Å²) in [6.07, 6.45) is 5.04. The molecule has 0 radical (unpaired) electrons. The number of carbonyl (C=O) groups excluding carboxylic acids is 1. The Balaban J connectivity index is 1.70. The summed E-state index contributed by atoms with van der Waals surface area (Å²) in [6, 6.07) is 18.4. The van der Waals surface area contributed by atoms with E-state index in [1.165, 1.54) is 5.57 Å². The van der Waals surface area contributed by atoms with E-state index in [4.69, 9.17) is 10.5 Å². The maximum Gasteiger partial charge on any atom is 0.239 e. The Morgan fingerprint density at radius 3 is 2.50 bits per heavy atom. The van der Waals surface area contributed by atoms with Gasteiger partial charge in [0.05, 0.1) is 6.04 Å². The lowest BCUT2D eigenvalue weighted by Gasteiger charge is -2.41. The number of likely N-dealkylation sites (tertiary alicyclic amines) is 1. The maximum atomic E-state index is 13.0. The number of benzene rings is 2. The summed E-state index contributed by atoms with van der Waals surface area (Å²) in [5.74, 6) is 1.36. The van der Waals surface area contributed by atoms with Gasteiger partial charge in [-0.05, 0) is 68.9 Å². The first-order chi connectivity index (χ1) is 16.3. The molecule has 0 bridgehead atoms. The Labute approximate surface area is 205 Å². The first kappa shape index (κ1) is 25.8. The fourth-order valence-electron chi connectivity index (χ4n) is 4.47. The van der Waals surface area contributed by atoms with Crippen molar-refractivity contribution >= 4 is 11.6 Å². The molecule has 184 valence electrons. The van der Waals surface area contributed by atoms with Crippen LogP contribution in [-0.4, -0.2) is 42.5 Å². The van der Waals surface area contributed by atoms with E-state index in [2.05, 4.69) is 62.9 Å². The van der Waals surface area contributed by atoms with Gasteiger partial charge in [0, 0.05) is 31.4 Å². The normalized spacial score (nSPS) is 16.8. The molecule has 1 unspecified atom stereocenters. The highest BCUT2D eigenvalue weighted by Crippen LogP contribution is 2.26. The van der Waals surface area contributed by atoms with Gasteiger partial charge in [0.25, 0.3) is 0 Å². The Bertz CT molecular complexity index is 920. The molecule has 0 aliphatic carbocycles. The minimum absolute atomic E-state index is 0.0882. The molecule has 0 spiro atoms. The van der Waals surface area contributed by atoms with E-state index in [1.807, 2.05) is 35.2 Å². The van der Waals surface area contributed by atoms with Gasteiger partial charge in [0.15, 0.2) is 0 Å². The number of amides is 1. The van der Waals surface area contributed by atoms with Crippen LogP contribution in [0.2, 0.25) is 0 Å². The standard InChI is InChI=1S/C29H41N3O2/c1-22(2)16-18-32(26-11-8-17-31(20-26)29(33)28(30)19-23(3)4)25-12-14-27(15-13-25)34-21-24-9-6-5-7-10-24/h5-7,9-10,12-16,23,26,28H,8,11,17-21,30H2,1-4H3/t26?,28-/m0/s1. The fraction of sp³-hybridized carbons (Fsp3) is 0.483. The van der Waals surface area contributed by atoms with Gasteiger partial charge in [-0.15, -0.1) is 0 Å². The fourth-order valence-corrected chi connectivity index (χ4v) is 4.47. The summed E-state index contributed by atoms with van der Waals surface area (Å²) >= 11 is 0. The van der Waals surface area contributed by atoms with Crippen molar-refractivity contribution in [2.45, 2.75) is 65.6 Å². The molecular weight excluding hydrogens is 422 g/mol. The van der Waals surface area contributed by atoms with Crippen LogP contribution in [0.5, 0.6) is 5.75 Å². The largest absolute Gasteiger partial charge is 0.489 e. The van der Waals surface area contributed by atoms with Crippen LogP contribution in [0.1, 0.15) is 52.5 Å². The van der Waals surface area contributed by atoms with Crippen LogP contribution in [0, 0.1) is 5.92 Å². The molecule has 2 N–H and O–H groups in total. The number of piperidine rings is 1. The van der Waals surface area contributed by atoms with Gasteiger partial charge in [-0.1, -0.05) is 55.8 Å². The molecule has 1 amide bonds. The number of hydrogen-bond acceptors (Lipinski definition) is 4. The molecule has 2 aromatic rings. The van der Waals surface area contributed by atoms with Crippen molar-refractivity contribution in [2.75, 3.05) is 24.5 Å². The molecule has 1 heterocycles. The van der Waals surface area contributed by atoms with Gasteiger partial charge in [0.2, 0.25) is 5.91 Å². The van der Waals surface area contributed by atoms with Crippen molar-refractivity contribution in [1.29, 1.82) is 0 Å². The minimum Gasteiger partial charge on any atom is -0.489 e. The second-order valence-corrected chi connectivity index (χ2v) is 10.0. The predicted octanol–water partition coefficient (Wildman–Crippen LogP) is 5.40. The zero-order chi connectivity index (χ0) is 24.5. The Hall–Kier alpha value is -2.79. The van der Waals surface area contributed by atoms with Gasteiger partial charge < -0.3 is 20.3 Å². The van der Waals surface area contributed by atoms with E-state index in [0.717, 1.165) is 49.4 Å². The Kier molecular flexibility index (Phi) is 9.58. The third-order valence-corrected chi connectivity index (χ3v) is 6.30. The number of carbonyl (C=O) groups is 1. The van der Waals surface area contributed by atoms with Crippen molar-refractivity contribution in [1.82, 2.24) is 4.90 Å². The molecule has 1 aliphatic heterocycles. The summed E-state index contributed by atoms with van der Waals surface area (Å²) in [5.41, 5.74) is 9.83. The Morgan fingerprint density at radius 1 is 1.15 bits per heavy atom. The highest BCUT2D eigenvalue weighted by atomic mass is 16.5. The predicted molar refractivity (Wildman–Crippen MR) is 141 cm³/mol. The molecule has 5 heteroatoms. The maximum absolute atomic E-state index is 13.0. The number of allylic oxidation sites excluding steroid dienone is 1. The molecule has 5 nitrogen and oxygen atoms in total. The quantitative estimate of drug-likeness (QED) is 0.479. The van der Waals surface area contributed by atoms with Crippen LogP contribution in [0.3, 0.4) is 0 Å². The molecule has 34 heavy (non-hydrogen) atoms. The van der Waals surface area contributed by atoms with Gasteiger partial charge in [0.1, 0.15) is 12.4 Å². The summed E-state index contributed by atoms with van der Waals surface area (Å²) in [6.45, 7) is 11.4. The molecule has 1 saturated heterocycles. The highest BCUT2D eigenvalue weighted by molar-refractivity contribution is 5.81. The molecule has 3 rings (SSSR count). The van der Waals surface area contributed by atoms with Crippen molar-refractivity contribution in [2.24, 2.45) is 11.7 Å². The number of nitrogens with two attached hydrogens (primary N) is 1. The van der Waals surface area contributed by atoms with Crippen molar-refractivity contribution in [3.8, 4) is 5.75 Å². The first-order valence-electron chi connectivity index (χ1n) is 12.5.